The van der Waals surface area contributed by atoms with Gasteiger partial charge in [-0.3, -0.25) is 14.8 Å². The Bertz CT molecular complexity index is 846. The minimum atomic E-state index is -1.03. The maximum absolute atomic E-state index is 12.9. The first-order valence-electron chi connectivity index (χ1n) is 8.08. The number of hydrogen-bond donors (Lipinski definition) is 2. The molecular formula is C19H20N2O5. The van der Waals surface area contributed by atoms with Crippen molar-refractivity contribution in [1.29, 1.82) is 0 Å². The fraction of sp³-hybridized carbons (Fsp3) is 0.263. The number of nitrogens with zero attached hydrogens (tertiary/aromatic N) is 1. The molecule has 7 heteroatoms. The van der Waals surface area contributed by atoms with E-state index >= 15 is 0 Å². The lowest BCUT2D eigenvalue weighted by molar-refractivity contribution is -0.132. The highest BCUT2D eigenvalue weighted by Crippen LogP contribution is 2.39. The largest absolute Gasteiger partial charge is 0.497 e. The van der Waals surface area contributed by atoms with E-state index in [4.69, 9.17) is 14.7 Å². The quantitative estimate of drug-likeness (QED) is 0.649. The van der Waals surface area contributed by atoms with Gasteiger partial charge in [0.15, 0.2) is 5.60 Å². The summed E-state index contributed by atoms with van der Waals surface area (Å²) in [5, 5.41) is 8.85. The van der Waals surface area contributed by atoms with Crippen LogP contribution in [0.4, 0.5) is 5.69 Å². The number of hydroxylamine groups is 1. The molecule has 26 heavy (non-hydrogen) atoms. The van der Waals surface area contributed by atoms with Crippen LogP contribution in [-0.4, -0.2) is 29.7 Å². The average molecular weight is 356 g/mol. The van der Waals surface area contributed by atoms with E-state index in [0.29, 0.717) is 18.0 Å². The van der Waals surface area contributed by atoms with E-state index in [1.807, 2.05) is 24.3 Å². The number of carbonyl (C=O) groups is 2. The van der Waals surface area contributed by atoms with E-state index in [-0.39, 0.29) is 11.5 Å². The number of ether oxygens (including phenoxy) is 2. The predicted octanol–water partition coefficient (Wildman–Crippen LogP) is 2.52. The van der Waals surface area contributed by atoms with Crippen molar-refractivity contribution in [2.24, 2.45) is 0 Å². The summed E-state index contributed by atoms with van der Waals surface area (Å²) < 4.78 is 11.0. The number of benzene rings is 2. The highest BCUT2D eigenvalue weighted by atomic mass is 16.5. The van der Waals surface area contributed by atoms with E-state index in [2.05, 4.69) is 0 Å². The molecule has 0 saturated heterocycles. The zero-order valence-corrected chi connectivity index (χ0v) is 14.8. The van der Waals surface area contributed by atoms with E-state index in [9.17, 15) is 9.59 Å². The zero-order valence-electron chi connectivity index (χ0n) is 14.8. The summed E-state index contributed by atoms with van der Waals surface area (Å²) in [5.41, 5.74) is 2.17. The second-order valence-corrected chi connectivity index (χ2v) is 6.48. The molecule has 0 aromatic heterocycles. The highest BCUT2D eigenvalue weighted by molar-refractivity contribution is 6.04. The van der Waals surface area contributed by atoms with Gasteiger partial charge in [0.1, 0.15) is 11.5 Å². The number of hydrogen-bond acceptors (Lipinski definition) is 5. The van der Waals surface area contributed by atoms with Gasteiger partial charge in [0.05, 0.1) is 19.3 Å². The summed E-state index contributed by atoms with van der Waals surface area (Å²) in [6, 6.07) is 12.1. The van der Waals surface area contributed by atoms with Gasteiger partial charge in [0.25, 0.3) is 11.8 Å². The van der Waals surface area contributed by atoms with Crippen LogP contribution in [0.15, 0.2) is 42.5 Å². The number of methoxy groups -OCH3 is 1. The number of carbonyl (C=O) groups excluding carboxylic acids is 2. The van der Waals surface area contributed by atoms with Gasteiger partial charge >= 0.3 is 0 Å². The van der Waals surface area contributed by atoms with Gasteiger partial charge in [-0.25, -0.2) is 5.48 Å². The average Bonchev–Trinajstić information content (AvgIpc) is 2.64. The Labute approximate surface area is 151 Å². The van der Waals surface area contributed by atoms with Crippen LogP contribution >= 0.6 is 0 Å². The van der Waals surface area contributed by atoms with Crippen molar-refractivity contribution >= 4 is 17.5 Å². The van der Waals surface area contributed by atoms with Crippen molar-refractivity contribution in [1.82, 2.24) is 5.48 Å². The van der Waals surface area contributed by atoms with Crippen molar-refractivity contribution in [3.63, 3.8) is 0 Å². The third-order valence-corrected chi connectivity index (χ3v) is 4.24. The molecule has 2 amide bonds. The molecule has 0 unspecified atom stereocenters. The fourth-order valence-electron chi connectivity index (χ4n) is 2.84. The first kappa shape index (κ1) is 17.8. The Balaban J connectivity index is 2.01. The van der Waals surface area contributed by atoms with E-state index in [0.717, 1.165) is 11.3 Å². The molecule has 1 aliphatic heterocycles. The monoisotopic (exact) mass is 356 g/mol. The Morgan fingerprint density at radius 3 is 2.54 bits per heavy atom. The third kappa shape index (κ3) is 3.21. The maximum atomic E-state index is 12.9. The van der Waals surface area contributed by atoms with Crippen LogP contribution in [0.3, 0.4) is 0 Å². The smallest absolute Gasteiger partial charge is 0.274 e. The van der Waals surface area contributed by atoms with Crippen LogP contribution < -0.4 is 19.9 Å². The molecule has 1 heterocycles. The molecular weight excluding hydrogens is 336 g/mol. The molecule has 0 atom stereocenters. The lowest BCUT2D eigenvalue weighted by Crippen LogP contribution is -2.52. The topological polar surface area (TPSA) is 88.1 Å². The van der Waals surface area contributed by atoms with Gasteiger partial charge < -0.3 is 14.4 Å². The second-order valence-electron chi connectivity index (χ2n) is 6.48. The minimum absolute atomic E-state index is 0.220. The van der Waals surface area contributed by atoms with Crippen LogP contribution in [0.5, 0.6) is 11.5 Å². The first-order valence-corrected chi connectivity index (χ1v) is 8.08. The van der Waals surface area contributed by atoms with Crippen LogP contribution in [0.2, 0.25) is 0 Å². The van der Waals surface area contributed by atoms with Crippen molar-refractivity contribution in [2.45, 2.75) is 26.0 Å². The van der Waals surface area contributed by atoms with Crippen LogP contribution in [0.25, 0.3) is 0 Å². The number of amides is 2. The summed E-state index contributed by atoms with van der Waals surface area (Å²) in [4.78, 5) is 26.2. The Morgan fingerprint density at radius 1 is 1.23 bits per heavy atom. The molecule has 7 nitrogen and oxygen atoms in total. The maximum Gasteiger partial charge on any atom is 0.274 e. The third-order valence-electron chi connectivity index (χ3n) is 4.24. The summed E-state index contributed by atoms with van der Waals surface area (Å²) in [5.74, 6) is 0.346. The van der Waals surface area contributed by atoms with E-state index in [1.165, 1.54) is 12.1 Å². The van der Waals surface area contributed by atoms with Gasteiger partial charge in [0, 0.05) is 5.56 Å². The summed E-state index contributed by atoms with van der Waals surface area (Å²) in [7, 11) is 1.59. The fourth-order valence-corrected chi connectivity index (χ4v) is 2.84. The van der Waals surface area contributed by atoms with Crippen LogP contribution in [0.1, 0.15) is 29.8 Å². The molecule has 2 aromatic rings. The van der Waals surface area contributed by atoms with Crippen molar-refractivity contribution < 1.29 is 24.3 Å². The summed E-state index contributed by atoms with van der Waals surface area (Å²) in [6.07, 6.45) is 0. The van der Waals surface area contributed by atoms with E-state index in [1.54, 1.807) is 37.4 Å². The Morgan fingerprint density at radius 2 is 1.92 bits per heavy atom. The summed E-state index contributed by atoms with van der Waals surface area (Å²) in [6.45, 7) is 3.72. The van der Waals surface area contributed by atoms with Crippen molar-refractivity contribution in [3.05, 3.63) is 53.6 Å². The second kappa shape index (κ2) is 6.68. The Kier molecular flexibility index (Phi) is 4.56. The molecule has 1 aliphatic rings. The van der Waals surface area contributed by atoms with Crippen LogP contribution in [0, 0.1) is 0 Å². The molecule has 2 aromatic carbocycles. The Hall–Kier alpha value is -3.06. The molecule has 0 bridgehead atoms. The SMILES string of the molecule is COc1ccc(CN2C(=O)C(C)(C)Oc3ccc(C(=O)NO)cc32)cc1. The number of anilines is 1. The molecule has 3 rings (SSSR count). The zero-order chi connectivity index (χ0) is 18.9. The van der Waals surface area contributed by atoms with Crippen molar-refractivity contribution in [2.75, 3.05) is 12.0 Å². The molecule has 136 valence electrons. The first-order chi connectivity index (χ1) is 12.4. The van der Waals surface area contributed by atoms with Gasteiger partial charge in [0.2, 0.25) is 0 Å². The molecule has 0 fully saturated rings. The number of rotatable bonds is 4. The number of fused-ring (bicyclic) bond motifs is 1. The van der Waals surface area contributed by atoms with Gasteiger partial charge in [-0.05, 0) is 49.7 Å². The standard InChI is InChI=1S/C19H20N2O5/c1-19(2)18(23)21(11-12-4-7-14(25-3)8-5-12)15-10-13(17(22)20-24)6-9-16(15)26-19/h4-10,24H,11H2,1-3H3,(H,20,22). The molecule has 0 radical (unpaired) electrons. The minimum Gasteiger partial charge on any atom is -0.497 e. The van der Waals surface area contributed by atoms with Gasteiger partial charge in [-0.1, -0.05) is 12.1 Å². The number of nitrogens with one attached hydrogen (secondary N) is 1. The predicted molar refractivity (Wildman–Crippen MR) is 94.6 cm³/mol. The lowest BCUT2D eigenvalue weighted by Gasteiger charge is -2.39. The van der Waals surface area contributed by atoms with Gasteiger partial charge in [-0.15, -0.1) is 0 Å². The summed E-state index contributed by atoms with van der Waals surface area (Å²) >= 11 is 0. The molecule has 0 aliphatic carbocycles. The van der Waals surface area contributed by atoms with E-state index < -0.39 is 11.5 Å². The highest BCUT2D eigenvalue weighted by Gasteiger charge is 2.41. The molecule has 0 saturated carbocycles. The van der Waals surface area contributed by atoms with Crippen LogP contribution in [-0.2, 0) is 11.3 Å². The lowest BCUT2D eigenvalue weighted by atomic mass is 10.0. The van der Waals surface area contributed by atoms with Gasteiger partial charge in [-0.2, -0.15) is 0 Å². The normalized spacial score (nSPS) is 15.1. The molecule has 0 spiro atoms. The molecule has 2 N–H and O–H groups in total. The van der Waals surface area contributed by atoms with Crippen molar-refractivity contribution in [3.8, 4) is 11.5 Å².